The van der Waals surface area contributed by atoms with Gasteiger partial charge >= 0.3 is 5.97 Å². The number of carboxylic acids is 1. The summed E-state index contributed by atoms with van der Waals surface area (Å²) in [5.74, 6) is 1.28. The number of benzene rings is 1. The molecule has 2 saturated carbocycles. The lowest BCUT2D eigenvalue weighted by molar-refractivity contribution is -0.140. The minimum atomic E-state index is -0.872. The summed E-state index contributed by atoms with van der Waals surface area (Å²) in [6.45, 7) is 0.575. The van der Waals surface area contributed by atoms with E-state index in [-0.39, 0.29) is 11.6 Å². The number of anilines is 1. The quantitative estimate of drug-likeness (QED) is 0.633. The average molecular weight is 505 g/mol. The van der Waals surface area contributed by atoms with Crippen LogP contribution in [0.5, 0.6) is 0 Å². The molecule has 0 radical (unpaired) electrons. The fraction of sp³-hybridized carbons (Fsp3) is 0.700. The number of nitrogens with zero attached hydrogens (tertiary/aromatic N) is 4. The first-order valence-electron chi connectivity index (χ1n) is 14.8. The SMILES string of the molecule is O=C(O)[C@@H]1CCN1c1nc2ccccc2n([C@H]2C[C@H]3CCC[C@@H](C2)N3[C@@H]2C[C@@H]3CCCC[C@@H](C3)C2)c1=O. The van der Waals surface area contributed by atoms with Gasteiger partial charge in [0.1, 0.15) is 6.04 Å². The van der Waals surface area contributed by atoms with E-state index in [0.29, 0.717) is 30.9 Å². The van der Waals surface area contributed by atoms with Crippen molar-refractivity contribution in [1.82, 2.24) is 14.5 Å². The van der Waals surface area contributed by atoms with Crippen molar-refractivity contribution in [3.63, 3.8) is 0 Å². The van der Waals surface area contributed by atoms with Gasteiger partial charge in [0.2, 0.25) is 0 Å². The maximum atomic E-state index is 14.0. The van der Waals surface area contributed by atoms with Gasteiger partial charge in [-0.3, -0.25) is 9.69 Å². The molecule has 7 rings (SSSR count). The van der Waals surface area contributed by atoms with E-state index in [1.807, 2.05) is 28.8 Å². The lowest BCUT2D eigenvalue weighted by Gasteiger charge is -2.54. The molecule has 7 heteroatoms. The van der Waals surface area contributed by atoms with Crippen molar-refractivity contribution in [1.29, 1.82) is 0 Å². The topological polar surface area (TPSA) is 78.7 Å². The van der Waals surface area contributed by atoms with Gasteiger partial charge in [-0.05, 0) is 75.3 Å². The molecule has 0 unspecified atom stereocenters. The Kier molecular flexibility index (Phi) is 6.02. The molecule has 0 amide bonds. The molecule has 1 aromatic carbocycles. The maximum Gasteiger partial charge on any atom is 0.326 e. The van der Waals surface area contributed by atoms with Crippen molar-refractivity contribution in [3.8, 4) is 0 Å². The molecule has 5 fully saturated rings. The van der Waals surface area contributed by atoms with Crippen molar-refractivity contribution in [2.24, 2.45) is 11.8 Å². The second-order valence-electron chi connectivity index (χ2n) is 12.6. The van der Waals surface area contributed by atoms with Crippen LogP contribution in [0.15, 0.2) is 29.1 Å². The average Bonchev–Trinajstić information content (AvgIpc) is 3.02. The van der Waals surface area contributed by atoms with Gasteiger partial charge in [0, 0.05) is 30.7 Å². The predicted molar refractivity (Wildman–Crippen MR) is 144 cm³/mol. The fourth-order valence-electron chi connectivity index (χ4n) is 8.90. The summed E-state index contributed by atoms with van der Waals surface area (Å²) in [5, 5.41) is 9.64. The van der Waals surface area contributed by atoms with Gasteiger partial charge in [-0.1, -0.05) is 44.2 Å². The Labute approximate surface area is 218 Å². The minimum absolute atomic E-state index is 0.107. The highest BCUT2D eigenvalue weighted by Crippen LogP contribution is 2.47. The normalized spacial score (nSPS) is 36.1. The van der Waals surface area contributed by atoms with Gasteiger partial charge in [-0.25, -0.2) is 9.78 Å². The number of para-hydroxylation sites is 2. The maximum absolute atomic E-state index is 14.0. The third kappa shape index (κ3) is 4.08. The molecule has 4 heterocycles. The van der Waals surface area contributed by atoms with E-state index in [9.17, 15) is 14.7 Å². The third-order valence-corrected chi connectivity index (χ3v) is 10.5. The number of aromatic nitrogens is 2. The summed E-state index contributed by atoms with van der Waals surface area (Å²) >= 11 is 0. The third-order valence-electron chi connectivity index (χ3n) is 10.5. The van der Waals surface area contributed by atoms with Crippen molar-refractivity contribution < 1.29 is 9.90 Å². The Morgan fingerprint density at radius 3 is 2.16 bits per heavy atom. The molecule has 2 aliphatic carbocycles. The molecule has 3 aliphatic heterocycles. The number of carboxylic acid groups (broad SMARTS) is 1. The van der Waals surface area contributed by atoms with Gasteiger partial charge < -0.3 is 14.6 Å². The van der Waals surface area contributed by atoms with Crippen LogP contribution in [0.25, 0.3) is 11.0 Å². The summed E-state index contributed by atoms with van der Waals surface area (Å²) in [5.41, 5.74) is 1.57. The Balaban J connectivity index is 1.22. The number of carbonyl (C=O) groups is 1. The van der Waals surface area contributed by atoms with Crippen LogP contribution in [0.3, 0.4) is 0 Å². The Morgan fingerprint density at radius 1 is 0.811 bits per heavy atom. The van der Waals surface area contributed by atoms with Crippen molar-refractivity contribution in [2.75, 3.05) is 11.4 Å². The number of fused-ring (bicyclic) bond motifs is 5. The predicted octanol–water partition coefficient (Wildman–Crippen LogP) is 4.98. The molecular weight excluding hydrogens is 464 g/mol. The van der Waals surface area contributed by atoms with Crippen LogP contribution in [0.2, 0.25) is 0 Å². The lowest BCUT2D eigenvalue weighted by Crippen LogP contribution is -2.59. The highest BCUT2D eigenvalue weighted by Gasteiger charge is 2.45. The lowest BCUT2D eigenvalue weighted by atomic mass is 9.73. The largest absolute Gasteiger partial charge is 0.480 e. The molecular formula is C30H40N4O3. The van der Waals surface area contributed by atoms with Crippen LogP contribution in [0.1, 0.15) is 89.5 Å². The van der Waals surface area contributed by atoms with Gasteiger partial charge in [0.05, 0.1) is 11.0 Å². The molecule has 7 atom stereocenters. The van der Waals surface area contributed by atoms with Gasteiger partial charge in [-0.2, -0.15) is 0 Å². The number of aliphatic carboxylic acids is 1. The first-order valence-corrected chi connectivity index (χ1v) is 14.8. The van der Waals surface area contributed by atoms with Crippen LogP contribution in [0.4, 0.5) is 5.82 Å². The molecule has 7 nitrogen and oxygen atoms in total. The molecule has 2 aromatic rings. The van der Waals surface area contributed by atoms with E-state index in [1.165, 1.54) is 64.2 Å². The van der Waals surface area contributed by atoms with Gasteiger partial charge in [0.15, 0.2) is 5.82 Å². The van der Waals surface area contributed by atoms with E-state index in [2.05, 4.69) is 4.90 Å². The molecule has 198 valence electrons. The second kappa shape index (κ2) is 9.40. The molecule has 0 spiro atoms. The summed E-state index contributed by atoms with van der Waals surface area (Å²) in [6, 6.07) is 9.23. The van der Waals surface area contributed by atoms with Gasteiger partial charge in [0.25, 0.3) is 5.56 Å². The van der Waals surface area contributed by atoms with E-state index < -0.39 is 12.0 Å². The molecule has 1 aromatic heterocycles. The molecule has 3 saturated heterocycles. The van der Waals surface area contributed by atoms with Crippen molar-refractivity contribution in [3.05, 3.63) is 34.6 Å². The molecule has 4 bridgehead atoms. The van der Waals surface area contributed by atoms with Crippen molar-refractivity contribution >= 4 is 22.8 Å². The number of piperidine rings is 2. The summed E-state index contributed by atoms with van der Waals surface area (Å²) < 4.78 is 2.01. The zero-order valence-electron chi connectivity index (χ0n) is 21.8. The van der Waals surface area contributed by atoms with Gasteiger partial charge in [-0.15, -0.1) is 0 Å². The van der Waals surface area contributed by atoms with Crippen LogP contribution in [-0.2, 0) is 4.79 Å². The van der Waals surface area contributed by atoms with Crippen LogP contribution in [0, 0.1) is 11.8 Å². The Hall–Kier alpha value is -2.41. The highest BCUT2D eigenvalue weighted by atomic mass is 16.4. The summed E-state index contributed by atoms with van der Waals surface area (Å²) in [6.07, 6.45) is 16.2. The van der Waals surface area contributed by atoms with E-state index in [1.54, 1.807) is 4.90 Å². The van der Waals surface area contributed by atoms with Crippen LogP contribution in [-0.4, -0.2) is 56.2 Å². The first kappa shape index (κ1) is 23.7. The number of rotatable bonds is 4. The summed E-state index contributed by atoms with van der Waals surface area (Å²) in [4.78, 5) is 35.1. The fourth-order valence-corrected chi connectivity index (χ4v) is 8.90. The monoisotopic (exact) mass is 504 g/mol. The molecule has 37 heavy (non-hydrogen) atoms. The molecule has 1 N–H and O–H groups in total. The minimum Gasteiger partial charge on any atom is -0.480 e. The highest BCUT2D eigenvalue weighted by molar-refractivity contribution is 5.81. The molecule has 5 aliphatic rings. The van der Waals surface area contributed by atoms with E-state index >= 15 is 0 Å². The smallest absolute Gasteiger partial charge is 0.326 e. The van der Waals surface area contributed by atoms with E-state index in [0.717, 1.165) is 41.8 Å². The Bertz CT molecular complexity index is 1220. The Morgan fingerprint density at radius 2 is 1.51 bits per heavy atom. The number of hydrogen-bond acceptors (Lipinski definition) is 5. The van der Waals surface area contributed by atoms with Crippen LogP contribution < -0.4 is 10.5 Å². The second-order valence-corrected chi connectivity index (χ2v) is 12.6. The summed E-state index contributed by atoms with van der Waals surface area (Å²) in [7, 11) is 0. The first-order chi connectivity index (χ1) is 18.1. The van der Waals surface area contributed by atoms with Crippen LogP contribution >= 0.6 is 0 Å². The standard InChI is InChI=1S/C30H40N4O3/c35-29-28(32-13-12-27(32)30(36)37)31-25-10-3-4-11-26(25)34(29)24-17-21-8-5-9-22(18-24)33(21)23-15-19-6-1-2-7-20(14-19)16-23/h3-4,10-11,19-24,27H,1-2,5-9,12-18H2,(H,36,37)/t19-,20+,21-,22+,23-,24+,27-/m0/s1. The zero-order chi connectivity index (χ0) is 25.1. The van der Waals surface area contributed by atoms with Crippen molar-refractivity contribution in [2.45, 2.75) is 114 Å². The number of hydrogen-bond donors (Lipinski definition) is 1. The zero-order valence-corrected chi connectivity index (χ0v) is 21.8. The van der Waals surface area contributed by atoms with E-state index in [4.69, 9.17) is 4.98 Å².